The van der Waals surface area contributed by atoms with Crippen LogP contribution in [0.3, 0.4) is 0 Å². The highest BCUT2D eigenvalue weighted by molar-refractivity contribution is 5.80. The molecule has 7 heteroatoms. The summed E-state index contributed by atoms with van der Waals surface area (Å²) in [5.41, 5.74) is 2.33. The van der Waals surface area contributed by atoms with Crippen molar-refractivity contribution in [1.82, 2.24) is 20.1 Å². The van der Waals surface area contributed by atoms with E-state index in [1.807, 2.05) is 31.4 Å². The number of hydrogen-bond acceptors (Lipinski definition) is 5. The molecule has 7 nitrogen and oxygen atoms in total. The fourth-order valence-electron chi connectivity index (χ4n) is 3.39. The van der Waals surface area contributed by atoms with Crippen molar-refractivity contribution in [3.05, 3.63) is 65.9 Å². The van der Waals surface area contributed by atoms with Crippen molar-refractivity contribution in [3.63, 3.8) is 0 Å². The van der Waals surface area contributed by atoms with E-state index in [-0.39, 0.29) is 0 Å². The van der Waals surface area contributed by atoms with Gasteiger partial charge in [-0.1, -0.05) is 48.6 Å². The predicted octanol–water partition coefficient (Wildman–Crippen LogP) is 2.51. The fraction of sp³-hybridized carbons (Fsp3) is 0.417. The number of benzene rings is 1. The van der Waals surface area contributed by atoms with Gasteiger partial charge < -0.3 is 19.7 Å². The van der Waals surface area contributed by atoms with E-state index in [4.69, 9.17) is 9.47 Å². The standard InChI is InChI=1S/C24H33N5O2/c1-25-24(27-20-22-10-11-23(26-19-22)31-18-17-30-2)29-15-13-28(14-16-29)12-6-9-21-7-4-3-5-8-21/h3-11,19H,12-18,20H2,1-2H3,(H,25,27)/b9-6+. The van der Waals surface area contributed by atoms with E-state index in [1.165, 1.54) is 5.56 Å². The minimum absolute atomic E-state index is 0.502. The molecule has 0 unspecified atom stereocenters. The Bertz CT molecular complexity index is 816. The Morgan fingerprint density at radius 2 is 1.90 bits per heavy atom. The molecule has 1 fully saturated rings. The minimum atomic E-state index is 0.502. The van der Waals surface area contributed by atoms with Gasteiger partial charge in [0, 0.05) is 65.7 Å². The maximum Gasteiger partial charge on any atom is 0.213 e. The third-order valence-corrected chi connectivity index (χ3v) is 5.14. The van der Waals surface area contributed by atoms with Crippen LogP contribution in [0.25, 0.3) is 6.08 Å². The van der Waals surface area contributed by atoms with Gasteiger partial charge in [-0.2, -0.15) is 0 Å². The first-order chi connectivity index (χ1) is 15.3. The molecule has 3 rings (SSSR count). The molecule has 0 radical (unpaired) electrons. The molecule has 1 aliphatic heterocycles. The van der Waals surface area contributed by atoms with Crippen molar-refractivity contribution in [2.45, 2.75) is 6.54 Å². The van der Waals surface area contributed by atoms with Crippen molar-refractivity contribution >= 4 is 12.0 Å². The Kier molecular flexibility index (Phi) is 9.34. The number of aromatic nitrogens is 1. The van der Waals surface area contributed by atoms with E-state index in [9.17, 15) is 0 Å². The van der Waals surface area contributed by atoms with Gasteiger partial charge in [-0.25, -0.2) is 4.98 Å². The summed E-state index contributed by atoms with van der Waals surface area (Å²) in [6.45, 7) is 6.67. The van der Waals surface area contributed by atoms with E-state index in [1.54, 1.807) is 7.11 Å². The summed E-state index contributed by atoms with van der Waals surface area (Å²) in [5, 5.41) is 3.45. The minimum Gasteiger partial charge on any atom is -0.475 e. The van der Waals surface area contributed by atoms with Crippen LogP contribution in [0.15, 0.2) is 59.7 Å². The number of nitrogens with zero attached hydrogens (tertiary/aromatic N) is 4. The largest absolute Gasteiger partial charge is 0.475 e. The second-order valence-corrected chi connectivity index (χ2v) is 7.35. The van der Waals surface area contributed by atoms with Gasteiger partial charge in [-0.15, -0.1) is 0 Å². The second kappa shape index (κ2) is 12.7. The van der Waals surface area contributed by atoms with Gasteiger partial charge in [-0.05, 0) is 11.1 Å². The topological polar surface area (TPSA) is 62.2 Å². The zero-order valence-electron chi connectivity index (χ0n) is 18.5. The summed E-state index contributed by atoms with van der Waals surface area (Å²) >= 11 is 0. The molecule has 1 aliphatic rings. The summed E-state index contributed by atoms with van der Waals surface area (Å²) in [7, 11) is 3.49. The average Bonchev–Trinajstić information content (AvgIpc) is 2.82. The van der Waals surface area contributed by atoms with Crippen LogP contribution in [0.5, 0.6) is 5.88 Å². The van der Waals surface area contributed by atoms with Crippen molar-refractivity contribution in [1.29, 1.82) is 0 Å². The van der Waals surface area contributed by atoms with Crippen LogP contribution in [-0.2, 0) is 11.3 Å². The van der Waals surface area contributed by atoms with Crippen LogP contribution in [0.4, 0.5) is 0 Å². The number of ether oxygens (including phenoxy) is 2. The maximum atomic E-state index is 5.51. The number of hydrogen-bond donors (Lipinski definition) is 1. The molecular weight excluding hydrogens is 390 g/mol. The van der Waals surface area contributed by atoms with E-state index >= 15 is 0 Å². The summed E-state index contributed by atoms with van der Waals surface area (Å²) in [5.74, 6) is 1.54. The quantitative estimate of drug-likeness (QED) is 0.380. The van der Waals surface area contributed by atoms with E-state index < -0.39 is 0 Å². The normalized spacial score (nSPS) is 15.4. The molecule has 0 saturated carbocycles. The fourth-order valence-corrected chi connectivity index (χ4v) is 3.39. The molecule has 0 bridgehead atoms. The average molecular weight is 424 g/mol. The Labute approximate surface area is 185 Å². The van der Waals surface area contributed by atoms with Gasteiger partial charge in [0.2, 0.25) is 5.88 Å². The van der Waals surface area contributed by atoms with Crippen LogP contribution in [-0.4, -0.2) is 80.8 Å². The molecule has 0 spiro atoms. The summed E-state index contributed by atoms with van der Waals surface area (Å²) in [6, 6.07) is 14.3. The zero-order chi connectivity index (χ0) is 21.7. The summed E-state index contributed by atoms with van der Waals surface area (Å²) in [6.07, 6.45) is 6.27. The van der Waals surface area contributed by atoms with Crippen LogP contribution >= 0.6 is 0 Å². The first-order valence-corrected chi connectivity index (χ1v) is 10.7. The van der Waals surface area contributed by atoms with E-state index in [0.29, 0.717) is 25.6 Å². The summed E-state index contributed by atoms with van der Waals surface area (Å²) < 4.78 is 10.5. The highest BCUT2D eigenvalue weighted by atomic mass is 16.5. The van der Waals surface area contributed by atoms with Crippen molar-refractivity contribution in [3.8, 4) is 5.88 Å². The molecule has 1 N–H and O–H groups in total. The Balaban J connectivity index is 1.39. The molecule has 0 atom stereocenters. The number of nitrogens with one attached hydrogen (secondary N) is 1. The smallest absolute Gasteiger partial charge is 0.213 e. The Morgan fingerprint density at radius 3 is 2.58 bits per heavy atom. The van der Waals surface area contributed by atoms with Gasteiger partial charge in [0.1, 0.15) is 6.61 Å². The molecule has 2 aromatic rings. The lowest BCUT2D eigenvalue weighted by atomic mass is 10.2. The molecule has 0 aliphatic carbocycles. The van der Waals surface area contributed by atoms with Crippen molar-refractivity contribution < 1.29 is 9.47 Å². The first-order valence-electron chi connectivity index (χ1n) is 10.7. The summed E-state index contributed by atoms with van der Waals surface area (Å²) in [4.78, 5) is 13.6. The SMILES string of the molecule is CN=C(NCc1ccc(OCCOC)nc1)N1CCN(C/C=C/c2ccccc2)CC1. The van der Waals surface area contributed by atoms with Crippen LogP contribution in [0.1, 0.15) is 11.1 Å². The number of methoxy groups -OCH3 is 1. The van der Waals surface area contributed by atoms with Crippen molar-refractivity contribution in [2.75, 3.05) is 60.1 Å². The number of piperazine rings is 1. The third kappa shape index (κ3) is 7.70. The first kappa shape index (κ1) is 22.8. The molecule has 1 saturated heterocycles. The van der Waals surface area contributed by atoms with Gasteiger partial charge in [0.25, 0.3) is 0 Å². The number of aliphatic imine (C=N–C) groups is 1. The molecule has 2 heterocycles. The predicted molar refractivity (Wildman–Crippen MR) is 125 cm³/mol. The lowest BCUT2D eigenvalue weighted by molar-refractivity contribution is 0.143. The lowest BCUT2D eigenvalue weighted by Gasteiger charge is -2.36. The van der Waals surface area contributed by atoms with Gasteiger partial charge in [-0.3, -0.25) is 9.89 Å². The molecule has 31 heavy (non-hydrogen) atoms. The highest BCUT2D eigenvalue weighted by Gasteiger charge is 2.18. The highest BCUT2D eigenvalue weighted by Crippen LogP contribution is 2.09. The van der Waals surface area contributed by atoms with Gasteiger partial charge in [0.05, 0.1) is 6.61 Å². The maximum absolute atomic E-state index is 5.51. The van der Waals surface area contributed by atoms with Crippen molar-refractivity contribution in [2.24, 2.45) is 4.99 Å². The number of rotatable bonds is 9. The Morgan fingerprint density at radius 1 is 1.10 bits per heavy atom. The van der Waals surface area contributed by atoms with Gasteiger partial charge >= 0.3 is 0 Å². The monoisotopic (exact) mass is 423 g/mol. The number of guanidine groups is 1. The van der Waals surface area contributed by atoms with Crippen LogP contribution in [0.2, 0.25) is 0 Å². The number of pyridine rings is 1. The molecule has 0 amide bonds. The molecular formula is C24H33N5O2. The molecule has 1 aromatic carbocycles. The molecule has 166 valence electrons. The third-order valence-electron chi connectivity index (χ3n) is 5.14. The van der Waals surface area contributed by atoms with E-state index in [0.717, 1.165) is 44.2 Å². The second-order valence-electron chi connectivity index (χ2n) is 7.35. The van der Waals surface area contributed by atoms with Gasteiger partial charge in [0.15, 0.2) is 5.96 Å². The Hall–Kier alpha value is -2.90. The molecule has 1 aromatic heterocycles. The lowest BCUT2D eigenvalue weighted by Crippen LogP contribution is -2.52. The van der Waals surface area contributed by atoms with Crippen LogP contribution in [0, 0.1) is 0 Å². The van der Waals surface area contributed by atoms with Crippen LogP contribution < -0.4 is 10.1 Å². The zero-order valence-corrected chi connectivity index (χ0v) is 18.5. The van der Waals surface area contributed by atoms with E-state index in [2.05, 4.69) is 61.5 Å².